The van der Waals surface area contributed by atoms with E-state index in [4.69, 9.17) is 9.47 Å². The molecule has 0 radical (unpaired) electrons. The molecule has 2 heterocycles. The number of nitrogens with zero attached hydrogens (tertiary/aromatic N) is 2. The zero-order valence-electron chi connectivity index (χ0n) is 18.0. The molecule has 172 valence electrons. The van der Waals surface area contributed by atoms with E-state index in [9.17, 15) is 14.4 Å². The van der Waals surface area contributed by atoms with Crippen molar-refractivity contribution in [1.29, 1.82) is 0 Å². The normalized spacial score (nSPS) is 15.2. The number of carbonyl (C=O) groups excluding carboxylic acids is 3. The molecule has 10 heteroatoms. The first kappa shape index (κ1) is 23.7. The summed E-state index contributed by atoms with van der Waals surface area (Å²) in [7, 11) is 0. The third-order valence-electron chi connectivity index (χ3n) is 4.86. The van der Waals surface area contributed by atoms with E-state index in [1.165, 1.54) is 16.2 Å². The minimum atomic E-state index is -0.323. The molecular formula is C22H28N4O5S. The number of aromatic nitrogens is 1. The van der Waals surface area contributed by atoms with E-state index in [0.29, 0.717) is 36.3 Å². The predicted octanol–water partition coefficient (Wildman–Crippen LogP) is 2.59. The van der Waals surface area contributed by atoms with Crippen molar-refractivity contribution in [1.82, 2.24) is 10.3 Å². The molecule has 0 bridgehead atoms. The fourth-order valence-corrected chi connectivity index (χ4v) is 3.81. The van der Waals surface area contributed by atoms with Gasteiger partial charge in [-0.3, -0.25) is 14.4 Å². The van der Waals surface area contributed by atoms with Crippen molar-refractivity contribution < 1.29 is 23.9 Å². The van der Waals surface area contributed by atoms with Crippen LogP contribution in [0.2, 0.25) is 0 Å². The smallest absolute Gasteiger partial charge is 0.240 e. The molecule has 2 aromatic rings. The van der Waals surface area contributed by atoms with Gasteiger partial charge in [0.2, 0.25) is 17.7 Å². The second kappa shape index (κ2) is 12.2. The molecule has 1 aromatic carbocycles. The second-order valence-corrected chi connectivity index (χ2v) is 8.13. The standard InChI is InChI=1S/C22H28N4O5S/c1-2-30-17-7-5-16(6-8-17)26(15-20(28)24-14-18-4-3-12-31-18)21(29)10-9-19(27)25-22-23-11-13-32-22/h5-8,11,13,18H,2-4,9-10,12,14-15H2,1H3,(H,24,28)(H,23,25,27). The lowest BCUT2D eigenvalue weighted by atomic mass is 10.2. The SMILES string of the molecule is CCOc1ccc(N(CC(=O)NCC2CCCO2)C(=O)CCC(=O)Nc2nccs2)cc1. The summed E-state index contributed by atoms with van der Waals surface area (Å²) in [6.07, 6.45) is 3.46. The number of carbonyl (C=O) groups is 3. The number of benzene rings is 1. The molecule has 2 N–H and O–H groups in total. The van der Waals surface area contributed by atoms with Crippen molar-refractivity contribution in [2.45, 2.75) is 38.7 Å². The van der Waals surface area contributed by atoms with Crippen LogP contribution >= 0.6 is 11.3 Å². The van der Waals surface area contributed by atoms with Gasteiger partial charge in [0, 0.05) is 43.3 Å². The highest BCUT2D eigenvalue weighted by Gasteiger charge is 2.22. The van der Waals surface area contributed by atoms with Gasteiger partial charge in [0.25, 0.3) is 0 Å². The predicted molar refractivity (Wildman–Crippen MR) is 122 cm³/mol. The minimum Gasteiger partial charge on any atom is -0.494 e. The Hall–Kier alpha value is -2.98. The van der Waals surface area contributed by atoms with Gasteiger partial charge in [-0.1, -0.05) is 0 Å². The van der Waals surface area contributed by atoms with E-state index in [-0.39, 0.29) is 43.2 Å². The van der Waals surface area contributed by atoms with E-state index in [2.05, 4.69) is 15.6 Å². The first-order chi connectivity index (χ1) is 15.5. The van der Waals surface area contributed by atoms with Crippen LogP contribution < -0.4 is 20.3 Å². The lowest BCUT2D eigenvalue weighted by molar-refractivity contribution is -0.125. The molecule has 3 amide bonds. The van der Waals surface area contributed by atoms with E-state index in [0.717, 1.165) is 12.8 Å². The average Bonchev–Trinajstić information content (AvgIpc) is 3.50. The van der Waals surface area contributed by atoms with E-state index in [1.54, 1.807) is 35.8 Å². The first-order valence-corrected chi connectivity index (χ1v) is 11.5. The van der Waals surface area contributed by atoms with Crippen LogP contribution in [0.15, 0.2) is 35.8 Å². The Balaban J connectivity index is 1.60. The van der Waals surface area contributed by atoms with Crippen LogP contribution in [0.3, 0.4) is 0 Å². The number of hydrogen-bond donors (Lipinski definition) is 2. The van der Waals surface area contributed by atoms with Gasteiger partial charge in [-0.2, -0.15) is 0 Å². The van der Waals surface area contributed by atoms with E-state index in [1.807, 2.05) is 6.92 Å². The largest absolute Gasteiger partial charge is 0.494 e. The monoisotopic (exact) mass is 460 g/mol. The van der Waals surface area contributed by atoms with Crippen LogP contribution in [0.25, 0.3) is 0 Å². The van der Waals surface area contributed by atoms with Gasteiger partial charge >= 0.3 is 0 Å². The van der Waals surface area contributed by atoms with Gasteiger partial charge in [0.05, 0.1) is 12.7 Å². The molecule has 1 atom stereocenters. The summed E-state index contributed by atoms with van der Waals surface area (Å²) in [6, 6.07) is 6.95. The lowest BCUT2D eigenvalue weighted by Crippen LogP contribution is -2.43. The van der Waals surface area contributed by atoms with Crippen molar-refractivity contribution in [2.75, 3.05) is 36.5 Å². The number of hydrogen-bond acceptors (Lipinski definition) is 7. The summed E-state index contributed by atoms with van der Waals surface area (Å²) in [5.41, 5.74) is 0.561. The Kier molecular flexibility index (Phi) is 9.00. The summed E-state index contributed by atoms with van der Waals surface area (Å²) in [5.74, 6) is -0.234. The molecule has 0 aliphatic carbocycles. The van der Waals surface area contributed by atoms with Crippen molar-refractivity contribution >= 4 is 39.9 Å². The average molecular weight is 461 g/mol. The number of rotatable bonds is 11. The van der Waals surface area contributed by atoms with Crippen molar-refractivity contribution in [3.8, 4) is 5.75 Å². The molecule has 3 rings (SSSR count). The zero-order chi connectivity index (χ0) is 22.8. The molecule has 1 aliphatic heterocycles. The van der Waals surface area contributed by atoms with Crippen molar-refractivity contribution in [3.63, 3.8) is 0 Å². The Labute approximate surface area is 191 Å². The molecular weight excluding hydrogens is 432 g/mol. The van der Waals surface area contributed by atoms with Gasteiger partial charge in [0.1, 0.15) is 12.3 Å². The highest BCUT2D eigenvalue weighted by Crippen LogP contribution is 2.21. The van der Waals surface area contributed by atoms with Crippen molar-refractivity contribution in [3.05, 3.63) is 35.8 Å². The highest BCUT2D eigenvalue weighted by molar-refractivity contribution is 7.13. The molecule has 0 spiro atoms. The maximum Gasteiger partial charge on any atom is 0.240 e. The zero-order valence-corrected chi connectivity index (χ0v) is 18.9. The second-order valence-electron chi connectivity index (χ2n) is 7.23. The van der Waals surface area contributed by atoms with Crippen LogP contribution in [0.4, 0.5) is 10.8 Å². The van der Waals surface area contributed by atoms with Crippen molar-refractivity contribution in [2.24, 2.45) is 0 Å². The topological polar surface area (TPSA) is 110 Å². The minimum absolute atomic E-state index is 0.0104. The van der Waals surface area contributed by atoms with Crippen LogP contribution in [0.5, 0.6) is 5.75 Å². The van der Waals surface area contributed by atoms with E-state index < -0.39 is 0 Å². The highest BCUT2D eigenvalue weighted by atomic mass is 32.1. The Bertz CT molecular complexity index is 882. The molecule has 9 nitrogen and oxygen atoms in total. The Morgan fingerprint density at radius 2 is 2.03 bits per heavy atom. The fraction of sp³-hybridized carbons (Fsp3) is 0.455. The molecule has 1 fully saturated rings. The molecule has 1 unspecified atom stereocenters. The lowest BCUT2D eigenvalue weighted by Gasteiger charge is -2.23. The third-order valence-corrected chi connectivity index (χ3v) is 5.55. The van der Waals surface area contributed by atoms with Crippen LogP contribution in [-0.4, -0.2) is 55.1 Å². The van der Waals surface area contributed by atoms with Gasteiger partial charge in [0.15, 0.2) is 5.13 Å². The Morgan fingerprint density at radius 1 is 1.22 bits per heavy atom. The number of anilines is 2. The van der Waals surface area contributed by atoms with Crippen LogP contribution in [0, 0.1) is 0 Å². The summed E-state index contributed by atoms with van der Waals surface area (Å²) in [5, 5.41) is 7.73. The molecule has 1 aliphatic rings. The van der Waals surface area contributed by atoms with Gasteiger partial charge in [-0.15, -0.1) is 11.3 Å². The Morgan fingerprint density at radius 3 is 2.69 bits per heavy atom. The fourth-order valence-electron chi connectivity index (χ4n) is 3.27. The third kappa shape index (κ3) is 7.31. The maximum absolute atomic E-state index is 13.0. The molecule has 1 aromatic heterocycles. The van der Waals surface area contributed by atoms with E-state index >= 15 is 0 Å². The number of ether oxygens (including phenoxy) is 2. The number of nitrogens with one attached hydrogen (secondary N) is 2. The van der Waals surface area contributed by atoms with Gasteiger partial charge in [-0.05, 0) is 44.0 Å². The first-order valence-electron chi connectivity index (χ1n) is 10.7. The van der Waals surface area contributed by atoms with Gasteiger partial charge < -0.3 is 25.0 Å². The summed E-state index contributed by atoms with van der Waals surface area (Å²) in [4.78, 5) is 43.0. The maximum atomic E-state index is 13.0. The summed E-state index contributed by atoms with van der Waals surface area (Å²) < 4.78 is 11.0. The van der Waals surface area contributed by atoms with Crippen LogP contribution in [-0.2, 0) is 19.1 Å². The molecule has 0 saturated carbocycles. The molecule has 1 saturated heterocycles. The van der Waals surface area contributed by atoms with Crippen LogP contribution in [0.1, 0.15) is 32.6 Å². The summed E-state index contributed by atoms with van der Waals surface area (Å²) >= 11 is 1.30. The van der Waals surface area contributed by atoms with Gasteiger partial charge in [-0.25, -0.2) is 4.98 Å². The summed E-state index contributed by atoms with van der Waals surface area (Å²) in [6.45, 7) is 3.40. The quantitative estimate of drug-likeness (QED) is 0.533. The number of thiazole rings is 1. The molecule has 32 heavy (non-hydrogen) atoms. The number of amides is 3.